The third kappa shape index (κ3) is 11.1. The number of carbonyl (C=O) groups is 1. The maximum atomic E-state index is 11.7. The summed E-state index contributed by atoms with van der Waals surface area (Å²) in [6.45, 7) is 5.18. The third-order valence-corrected chi connectivity index (χ3v) is 4.36. The Hall–Kier alpha value is -0.150. The van der Waals surface area contributed by atoms with Crippen LogP contribution in [0.1, 0.15) is 27.7 Å². The molecule has 3 unspecified atom stereocenters. The fourth-order valence-electron chi connectivity index (χ4n) is 1.32. The highest BCUT2D eigenvalue weighted by Gasteiger charge is 2.34. The van der Waals surface area contributed by atoms with Gasteiger partial charge in [0.2, 0.25) is 0 Å². The van der Waals surface area contributed by atoms with Gasteiger partial charge in [0.1, 0.15) is 18.5 Å². The second-order valence-electron chi connectivity index (χ2n) is 5.01. The minimum absolute atomic E-state index is 0.229. The van der Waals surface area contributed by atoms with Crippen molar-refractivity contribution in [2.75, 3.05) is 6.61 Å². The summed E-state index contributed by atoms with van der Waals surface area (Å²) >= 11 is 0. The van der Waals surface area contributed by atoms with Crippen LogP contribution in [-0.4, -0.2) is 52.2 Å². The summed E-state index contributed by atoms with van der Waals surface area (Å²) < 4.78 is 41.6. The minimum atomic E-state index is -4.54. The van der Waals surface area contributed by atoms with Crippen LogP contribution in [0, 0.1) is 6.42 Å². The van der Waals surface area contributed by atoms with Crippen LogP contribution < -0.4 is 0 Å². The Morgan fingerprint density at radius 3 is 1.87 bits per heavy atom. The van der Waals surface area contributed by atoms with E-state index in [1.807, 2.05) is 0 Å². The minimum Gasteiger partial charge on any atom is -0.388 e. The highest BCUT2D eigenvalue weighted by molar-refractivity contribution is 7.47. The van der Waals surface area contributed by atoms with E-state index in [0.29, 0.717) is 0 Å². The van der Waals surface area contributed by atoms with Crippen molar-refractivity contribution < 1.29 is 46.9 Å². The van der Waals surface area contributed by atoms with Crippen molar-refractivity contribution in [2.45, 2.75) is 52.1 Å². The molecule has 1 radical (unpaired) electrons. The van der Waals surface area contributed by atoms with Crippen molar-refractivity contribution in [3.63, 3.8) is 0 Å². The van der Waals surface area contributed by atoms with Crippen LogP contribution in [0.2, 0.25) is 0 Å². The zero-order valence-corrected chi connectivity index (χ0v) is 15.1. The largest absolute Gasteiger partial charge is 0.472 e. The molecule has 0 heterocycles. The summed E-state index contributed by atoms with van der Waals surface area (Å²) in [6.07, 6.45) is -3.55. The van der Waals surface area contributed by atoms with Crippen LogP contribution in [0.25, 0.3) is 0 Å². The lowest BCUT2D eigenvalue weighted by molar-refractivity contribution is -0.107. The Kier molecular flexibility index (Phi) is 9.92. The summed E-state index contributed by atoms with van der Waals surface area (Å²) in [5.74, 6) is 0. The summed E-state index contributed by atoms with van der Waals surface area (Å²) in [6, 6.07) is 0. The first-order valence-corrected chi connectivity index (χ1v) is 9.69. The van der Waals surface area contributed by atoms with Gasteiger partial charge in [-0.25, -0.2) is 9.13 Å². The molecule has 0 aliphatic carbocycles. The second kappa shape index (κ2) is 9.98. The van der Waals surface area contributed by atoms with E-state index < -0.39 is 46.7 Å². The Morgan fingerprint density at radius 1 is 0.957 bits per heavy atom. The quantitative estimate of drug-likeness (QED) is 0.334. The Morgan fingerprint density at radius 2 is 1.43 bits per heavy atom. The molecule has 10 nitrogen and oxygen atoms in total. The molecule has 23 heavy (non-hydrogen) atoms. The van der Waals surface area contributed by atoms with Gasteiger partial charge in [0.25, 0.3) is 0 Å². The summed E-state index contributed by atoms with van der Waals surface area (Å²) in [5.41, 5.74) is 0. The SMILES string of the molecule is CC(C)OP(=O)(O)OC[C@@H](O)C([CH]C=O)OP(=O)(O)OC(C)C. The maximum absolute atomic E-state index is 11.7. The molecule has 137 valence electrons. The van der Waals surface area contributed by atoms with E-state index in [1.165, 1.54) is 27.7 Å². The predicted molar refractivity (Wildman–Crippen MR) is 79.3 cm³/mol. The Balaban J connectivity index is 4.74. The normalized spacial score (nSPS) is 20.0. The predicted octanol–water partition coefficient (Wildman–Crippen LogP) is 1.20. The Bertz CT molecular complexity index is 452. The summed E-state index contributed by atoms with van der Waals surface area (Å²) in [7, 11) is -8.96. The number of aliphatic hydroxyl groups is 1. The lowest BCUT2D eigenvalue weighted by Gasteiger charge is -2.24. The molecule has 0 bridgehead atoms. The van der Waals surface area contributed by atoms with Crippen LogP contribution in [0.15, 0.2) is 0 Å². The molecule has 0 saturated heterocycles. The van der Waals surface area contributed by atoms with Crippen LogP contribution >= 0.6 is 15.6 Å². The van der Waals surface area contributed by atoms with Crippen molar-refractivity contribution >= 4 is 21.9 Å². The molecular formula is C11H23O10P2. The van der Waals surface area contributed by atoms with Crippen LogP contribution in [0.4, 0.5) is 0 Å². The lowest BCUT2D eigenvalue weighted by Crippen LogP contribution is -2.33. The number of phosphoric acid groups is 2. The highest BCUT2D eigenvalue weighted by atomic mass is 31.2. The van der Waals surface area contributed by atoms with E-state index in [-0.39, 0.29) is 6.29 Å². The van der Waals surface area contributed by atoms with E-state index in [0.717, 1.165) is 6.42 Å². The zero-order chi connectivity index (χ0) is 18.3. The van der Waals surface area contributed by atoms with E-state index >= 15 is 0 Å². The molecule has 0 aliphatic rings. The van der Waals surface area contributed by atoms with Gasteiger partial charge in [0.15, 0.2) is 0 Å². The van der Waals surface area contributed by atoms with E-state index in [4.69, 9.17) is 0 Å². The van der Waals surface area contributed by atoms with Gasteiger partial charge in [0, 0.05) is 0 Å². The number of hydrogen-bond donors (Lipinski definition) is 3. The van der Waals surface area contributed by atoms with Gasteiger partial charge in [-0.15, -0.1) is 0 Å². The monoisotopic (exact) mass is 377 g/mol. The average Bonchev–Trinajstić information content (AvgIpc) is 2.32. The van der Waals surface area contributed by atoms with Gasteiger partial charge in [-0.1, -0.05) is 0 Å². The molecule has 0 aromatic rings. The van der Waals surface area contributed by atoms with Crippen molar-refractivity contribution in [3.05, 3.63) is 6.42 Å². The van der Waals surface area contributed by atoms with Crippen molar-refractivity contribution in [3.8, 4) is 0 Å². The molecule has 0 spiro atoms. The molecule has 0 amide bonds. The van der Waals surface area contributed by atoms with Gasteiger partial charge in [-0.2, -0.15) is 0 Å². The van der Waals surface area contributed by atoms with E-state index in [2.05, 4.69) is 18.1 Å². The van der Waals surface area contributed by atoms with Gasteiger partial charge in [-0.3, -0.25) is 18.1 Å². The lowest BCUT2D eigenvalue weighted by atomic mass is 10.2. The molecule has 0 aromatic carbocycles. The zero-order valence-electron chi connectivity index (χ0n) is 13.3. The number of hydrogen-bond acceptors (Lipinski definition) is 8. The van der Waals surface area contributed by atoms with Crippen LogP contribution in [0.3, 0.4) is 0 Å². The molecule has 0 aromatic heterocycles. The van der Waals surface area contributed by atoms with Gasteiger partial charge >= 0.3 is 15.6 Å². The highest BCUT2D eigenvalue weighted by Crippen LogP contribution is 2.47. The Labute approximate surface area is 134 Å². The topological polar surface area (TPSA) is 149 Å². The van der Waals surface area contributed by atoms with E-state index in [9.17, 15) is 28.8 Å². The molecule has 0 fully saturated rings. The molecule has 0 rings (SSSR count). The van der Waals surface area contributed by atoms with Crippen LogP contribution in [0.5, 0.6) is 0 Å². The summed E-state index contributed by atoms with van der Waals surface area (Å²) in [5, 5.41) is 9.82. The first-order chi connectivity index (χ1) is 10.4. The fourth-order valence-corrected chi connectivity index (χ4v) is 3.35. The number of aldehydes is 1. The van der Waals surface area contributed by atoms with Crippen molar-refractivity contribution in [1.29, 1.82) is 0 Å². The number of aliphatic hydroxyl groups excluding tert-OH is 1. The van der Waals surface area contributed by atoms with Crippen LogP contribution in [-0.2, 0) is 32.0 Å². The first-order valence-electron chi connectivity index (χ1n) is 6.70. The number of phosphoric ester groups is 2. The molecule has 3 N–H and O–H groups in total. The fraction of sp³-hybridized carbons (Fsp3) is 0.818. The number of carbonyl (C=O) groups excluding carboxylic acids is 1. The summed E-state index contributed by atoms with van der Waals surface area (Å²) in [4.78, 5) is 29.4. The van der Waals surface area contributed by atoms with Crippen molar-refractivity contribution in [2.24, 2.45) is 0 Å². The second-order valence-corrected chi connectivity index (χ2v) is 7.77. The molecule has 0 aliphatic heterocycles. The van der Waals surface area contributed by atoms with Gasteiger partial charge in [0.05, 0.1) is 25.2 Å². The third-order valence-electron chi connectivity index (χ3n) is 2.00. The van der Waals surface area contributed by atoms with E-state index in [1.54, 1.807) is 0 Å². The van der Waals surface area contributed by atoms with Gasteiger partial charge < -0.3 is 19.7 Å². The first kappa shape index (κ1) is 22.9. The maximum Gasteiger partial charge on any atom is 0.472 e. The molecule has 12 heteroatoms. The number of rotatable bonds is 12. The standard InChI is InChI=1S/C11H23O10P2/c1-8(2)19-22(14,15)18-7-10(13)11(5-6-12)21-23(16,17)20-9(3)4/h5-6,8-11,13H,7H2,1-4H3,(H,14,15)(H,16,17)/t10-,11?/m1/s1. The average molecular weight is 377 g/mol. The molecular weight excluding hydrogens is 354 g/mol. The smallest absolute Gasteiger partial charge is 0.388 e. The molecule has 4 atom stereocenters. The van der Waals surface area contributed by atoms with Crippen molar-refractivity contribution in [1.82, 2.24) is 0 Å². The van der Waals surface area contributed by atoms with Gasteiger partial charge in [-0.05, 0) is 27.7 Å². The molecule has 0 saturated carbocycles.